The van der Waals surface area contributed by atoms with Gasteiger partial charge in [-0.2, -0.15) is 0 Å². The van der Waals surface area contributed by atoms with Gasteiger partial charge in [0.25, 0.3) is 0 Å². The molecule has 0 aromatic heterocycles. The molecule has 2 aromatic rings. The summed E-state index contributed by atoms with van der Waals surface area (Å²) in [5, 5.41) is 0. The van der Waals surface area contributed by atoms with Gasteiger partial charge in [0, 0.05) is 8.95 Å². The lowest BCUT2D eigenvalue weighted by Crippen LogP contribution is -2.52. The number of hydrogen-bond donors (Lipinski definition) is 0. The first-order valence-electron chi connectivity index (χ1n) is 7.25. The van der Waals surface area contributed by atoms with Crippen LogP contribution in [0.2, 0.25) is 26.2 Å². The highest BCUT2D eigenvalue weighted by atomic mass is 79.9. The van der Waals surface area contributed by atoms with Gasteiger partial charge in [-0.05, 0) is 74.7 Å². The number of hydrogen-bond acceptors (Lipinski definition) is 3. The van der Waals surface area contributed by atoms with Gasteiger partial charge in [-0.1, -0.05) is 31.9 Å². The minimum Gasteiger partial charge on any atom is -0.521 e. The second-order valence-electron chi connectivity index (χ2n) is 6.01. The van der Waals surface area contributed by atoms with Crippen LogP contribution in [0.3, 0.4) is 0 Å². The molecule has 0 aliphatic rings. The Balaban J connectivity index is 2.02. The summed E-state index contributed by atoms with van der Waals surface area (Å²) in [4.78, 5) is 0. The third-order valence-corrected chi connectivity index (χ3v) is 9.29. The molecule has 0 atom stereocenters. The molecular formula is C16H20Br2O3Si2. The van der Waals surface area contributed by atoms with Gasteiger partial charge in [0.05, 0.1) is 0 Å². The van der Waals surface area contributed by atoms with E-state index in [1.54, 1.807) is 0 Å². The Kier molecular flexibility index (Phi) is 6.12. The molecule has 124 valence electrons. The first-order chi connectivity index (χ1) is 10.7. The van der Waals surface area contributed by atoms with E-state index in [0.717, 1.165) is 20.4 Å². The molecule has 0 bridgehead atoms. The van der Waals surface area contributed by atoms with Gasteiger partial charge in [-0.15, -0.1) is 0 Å². The van der Waals surface area contributed by atoms with Crippen molar-refractivity contribution in [3.8, 4) is 11.5 Å². The molecule has 0 saturated heterocycles. The molecule has 0 spiro atoms. The molecule has 7 heteroatoms. The summed E-state index contributed by atoms with van der Waals surface area (Å²) < 4.78 is 20.5. The maximum Gasteiger partial charge on any atom is 0.384 e. The van der Waals surface area contributed by atoms with E-state index in [2.05, 4.69) is 31.9 Å². The molecule has 0 aliphatic heterocycles. The van der Waals surface area contributed by atoms with E-state index in [9.17, 15) is 0 Å². The molecule has 0 unspecified atom stereocenters. The lowest BCUT2D eigenvalue weighted by molar-refractivity contribution is 0.334. The maximum atomic E-state index is 6.30. The van der Waals surface area contributed by atoms with Gasteiger partial charge in [0.1, 0.15) is 11.5 Å². The summed E-state index contributed by atoms with van der Waals surface area (Å²) in [6.45, 7) is 8.15. The second kappa shape index (κ2) is 7.52. The molecule has 0 fully saturated rings. The molecule has 23 heavy (non-hydrogen) atoms. The Morgan fingerprint density at radius 2 is 0.913 bits per heavy atom. The Hall–Kier alpha value is -0.606. The molecule has 3 nitrogen and oxygen atoms in total. The van der Waals surface area contributed by atoms with Crippen molar-refractivity contribution in [2.24, 2.45) is 0 Å². The van der Waals surface area contributed by atoms with Crippen molar-refractivity contribution in [2.45, 2.75) is 26.2 Å². The van der Waals surface area contributed by atoms with Crippen molar-refractivity contribution >= 4 is 49.0 Å². The lowest BCUT2D eigenvalue weighted by atomic mass is 10.3. The molecule has 0 heterocycles. The third kappa shape index (κ3) is 6.42. The average Bonchev–Trinajstić information content (AvgIpc) is 2.42. The lowest BCUT2D eigenvalue weighted by Gasteiger charge is -2.33. The fourth-order valence-electron chi connectivity index (χ4n) is 2.21. The van der Waals surface area contributed by atoms with Crippen molar-refractivity contribution in [1.29, 1.82) is 0 Å². The zero-order chi connectivity index (χ0) is 17.1. The van der Waals surface area contributed by atoms with E-state index < -0.39 is 17.1 Å². The molecule has 0 N–H and O–H groups in total. The monoisotopic (exact) mass is 474 g/mol. The van der Waals surface area contributed by atoms with Gasteiger partial charge in [-0.25, -0.2) is 0 Å². The van der Waals surface area contributed by atoms with Crippen LogP contribution in [0.5, 0.6) is 11.5 Å². The van der Waals surface area contributed by atoms with Crippen molar-refractivity contribution in [1.82, 2.24) is 0 Å². The van der Waals surface area contributed by atoms with Crippen LogP contribution in [0.15, 0.2) is 57.5 Å². The van der Waals surface area contributed by atoms with Crippen LogP contribution in [0.1, 0.15) is 0 Å². The first kappa shape index (κ1) is 18.7. The Bertz CT molecular complexity index is 586. The normalized spacial score (nSPS) is 12.1. The highest BCUT2D eigenvalue weighted by Gasteiger charge is 2.39. The molecule has 0 amide bonds. The smallest absolute Gasteiger partial charge is 0.384 e. The zero-order valence-corrected chi connectivity index (χ0v) is 18.8. The van der Waals surface area contributed by atoms with E-state index in [0.29, 0.717) is 0 Å². The standard InChI is InChI=1S/C16H20Br2O3Si2/c1-22(2,19-15-9-5-13(17)6-10-15)21-23(3,4)20-16-11-7-14(18)8-12-16/h5-12H,1-4H3. The Labute approximate surface area is 156 Å². The molecular weight excluding hydrogens is 456 g/mol. The number of benzene rings is 2. The average molecular weight is 476 g/mol. The number of rotatable bonds is 6. The van der Waals surface area contributed by atoms with Crippen LogP contribution in [-0.2, 0) is 4.12 Å². The minimum absolute atomic E-state index is 0.818. The van der Waals surface area contributed by atoms with Gasteiger partial charge < -0.3 is 13.0 Å². The summed E-state index contributed by atoms with van der Waals surface area (Å²) in [5.74, 6) is 1.64. The van der Waals surface area contributed by atoms with Crippen LogP contribution >= 0.6 is 31.9 Å². The molecule has 0 radical (unpaired) electrons. The van der Waals surface area contributed by atoms with Crippen LogP contribution in [0.25, 0.3) is 0 Å². The Morgan fingerprint density at radius 3 is 1.22 bits per heavy atom. The SMILES string of the molecule is C[Si](C)(Oc1ccc(Br)cc1)O[Si](C)(C)Oc1ccc(Br)cc1. The van der Waals surface area contributed by atoms with E-state index in [1.165, 1.54) is 0 Å². The van der Waals surface area contributed by atoms with Crippen molar-refractivity contribution < 1.29 is 13.0 Å². The van der Waals surface area contributed by atoms with E-state index in [-0.39, 0.29) is 0 Å². The molecule has 0 saturated carbocycles. The van der Waals surface area contributed by atoms with Crippen molar-refractivity contribution in [2.75, 3.05) is 0 Å². The van der Waals surface area contributed by atoms with Crippen molar-refractivity contribution in [3.63, 3.8) is 0 Å². The number of halogens is 2. The fourth-order valence-corrected chi connectivity index (χ4v) is 9.21. The highest BCUT2D eigenvalue weighted by Crippen LogP contribution is 2.25. The quantitative estimate of drug-likeness (QED) is 0.473. The fraction of sp³-hybridized carbons (Fsp3) is 0.250. The second-order valence-corrected chi connectivity index (χ2v) is 14.7. The van der Waals surface area contributed by atoms with Gasteiger partial charge in [-0.3, -0.25) is 0 Å². The van der Waals surface area contributed by atoms with Crippen LogP contribution in [0, 0.1) is 0 Å². The molecule has 2 aromatic carbocycles. The first-order valence-corrected chi connectivity index (χ1v) is 14.5. The van der Waals surface area contributed by atoms with E-state index in [4.69, 9.17) is 13.0 Å². The summed E-state index contributed by atoms with van der Waals surface area (Å²) >= 11 is 6.85. The zero-order valence-electron chi connectivity index (χ0n) is 13.6. The van der Waals surface area contributed by atoms with Gasteiger partial charge >= 0.3 is 17.1 Å². The Morgan fingerprint density at radius 1 is 0.609 bits per heavy atom. The molecule has 2 rings (SSSR count). The molecule has 0 aliphatic carbocycles. The van der Waals surface area contributed by atoms with Crippen LogP contribution in [-0.4, -0.2) is 17.1 Å². The predicted molar refractivity (Wildman–Crippen MR) is 106 cm³/mol. The largest absolute Gasteiger partial charge is 0.521 e. The van der Waals surface area contributed by atoms with Crippen LogP contribution < -0.4 is 8.85 Å². The predicted octanol–water partition coefficient (Wildman–Crippen LogP) is 6.09. The van der Waals surface area contributed by atoms with Crippen molar-refractivity contribution in [3.05, 3.63) is 57.5 Å². The summed E-state index contributed by atoms with van der Waals surface area (Å²) in [6.07, 6.45) is 0. The van der Waals surface area contributed by atoms with Crippen LogP contribution in [0.4, 0.5) is 0 Å². The van der Waals surface area contributed by atoms with E-state index in [1.807, 2.05) is 74.7 Å². The summed E-state index contributed by atoms with van der Waals surface area (Å²) in [5.41, 5.74) is 0. The summed E-state index contributed by atoms with van der Waals surface area (Å²) in [6, 6.07) is 15.6. The maximum absolute atomic E-state index is 6.30. The third-order valence-electron chi connectivity index (χ3n) is 2.85. The van der Waals surface area contributed by atoms with Gasteiger partial charge in [0.15, 0.2) is 0 Å². The minimum atomic E-state index is -2.35. The highest BCUT2D eigenvalue weighted by molar-refractivity contribution is 9.10. The topological polar surface area (TPSA) is 27.7 Å². The van der Waals surface area contributed by atoms with E-state index >= 15 is 0 Å². The van der Waals surface area contributed by atoms with Gasteiger partial charge in [0.2, 0.25) is 0 Å². The summed E-state index contributed by atoms with van der Waals surface area (Å²) in [7, 11) is -4.70.